The summed E-state index contributed by atoms with van der Waals surface area (Å²) < 4.78 is 37.6. The Morgan fingerprint density at radius 2 is 1.70 bits per heavy atom. The molecule has 0 unspecified atom stereocenters. The van der Waals surface area contributed by atoms with E-state index in [1.807, 2.05) is 6.07 Å². The molecule has 0 amide bonds. The molecule has 0 aliphatic heterocycles. The maximum Gasteiger partial charge on any atom is 0.416 e. The number of hydrogen-bond donors (Lipinski definition) is 1. The number of aromatic nitrogens is 2. The van der Waals surface area contributed by atoms with E-state index >= 15 is 0 Å². The zero-order valence-electron chi connectivity index (χ0n) is 10.0. The Labute approximate surface area is 117 Å². The van der Waals surface area contributed by atoms with E-state index in [4.69, 9.17) is 11.6 Å². The van der Waals surface area contributed by atoms with Crippen LogP contribution >= 0.6 is 11.6 Å². The predicted octanol–water partition coefficient (Wildman–Crippen LogP) is 4.90. The third kappa shape index (κ3) is 2.25. The largest absolute Gasteiger partial charge is 0.416 e. The SMILES string of the molecule is FC(F)(F)c1ccc(-c2cc(Cl)c3[nH]ncc3c2)cc1. The van der Waals surface area contributed by atoms with Gasteiger partial charge in [0.2, 0.25) is 0 Å². The highest BCUT2D eigenvalue weighted by Gasteiger charge is 2.29. The molecule has 102 valence electrons. The number of rotatable bonds is 1. The van der Waals surface area contributed by atoms with Crippen molar-refractivity contribution in [1.82, 2.24) is 10.2 Å². The first-order valence-electron chi connectivity index (χ1n) is 5.75. The number of H-pyrrole nitrogens is 1. The van der Waals surface area contributed by atoms with Crippen molar-refractivity contribution in [2.75, 3.05) is 0 Å². The fraction of sp³-hybridized carbons (Fsp3) is 0.0714. The molecular formula is C14H8ClF3N2. The van der Waals surface area contributed by atoms with Gasteiger partial charge < -0.3 is 0 Å². The van der Waals surface area contributed by atoms with Gasteiger partial charge in [0, 0.05) is 5.39 Å². The average molecular weight is 297 g/mol. The van der Waals surface area contributed by atoms with E-state index in [0.717, 1.165) is 23.1 Å². The summed E-state index contributed by atoms with van der Waals surface area (Å²) in [7, 11) is 0. The molecule has 0 saturated carbocycles. The lowest BCUT2D eigenvalue weighted by Crippen LogP contribution is -2.03. The van der Waals surface area contributed by atoms with E-state index in [9.17, 15) is 13.2 Å². The molecule has 0 radical (unpaired) electrons. The van der Waals surface area contributed by atoms with Gasteiger partial charge in [-0.3, -0.25) is 5.10 Å². The van der Waals surface area contributed by atoms with Crippen LogP contribution in [0.2, 0.25) is 5.02 Å². The van der Waals surface area contributed by atoms with Gasteiger partial charge in [0.25, 0.3) is 0 Å². The number of aromatic amines is 1. The van der Waals surface area contributed by atoms with Crippen LogP contribution in [0, 0.1) is 0 Å². The third-order valence-corrected chi connectivity index (χ3v) is 3.34. The Morgan fingerprint density at radius 3 is 2.35 bits per heavy atom. The van der Waals surface area contributed by atoms with E-state index in [1.165, 1.54) is 12.1 Å². The second kappa shape index (κ2) is 4.52. The van der Waals surface area contributed by atoms with Gasteiger partial charge in [0.15, 0.2) is 0 Å². The zero-order chi connectivity index (χ0) is 14.3. The molecule has 2 nitrogen and oxygen atoms in total. The lowest BCUT2D eigenvalue weighted by Gasteiger charge is -2.08. The quantitative estimate of drug-likeness (QED) is 0.679. The van der Waals surface area contributed by atoms with Crippen LogP contribution in [0.15, 0.2) is 42.6 Å². The molecule has 0 bridgehead atoms. The first-order chi connectivity index (χ1) is 9.45. The Balaban J connectivity index is 2.06. The molecule has 0 aliphatic rings. The van der Waals surface area contributed by atoms with Gasteiger partial charge in [-0.2, -0.15) is 18.3 Å². The molecule has 1 heterocycles. The minimum Gasteiger partial charge on any atom is -0.276 e. The minimum atomic E-state index is -4.33. The average Bonchev–Trinajstić information content (AvgIpc) is 2.86. The van der Waals surface area contributed by atoms with Crippen molar-refractivity contribution in [2.45, 2.75) is 6.18 Å². The highest BCUT2D eigenvalue weighted by Crippen LogP contribution is 2.33. The van der Waals surface area contributed by atoms with Crippen LogP contribution in [0.4, 0.5) is 13.2 Å². The number of alkyl halides is 3. The van der Waals surface area contributed by atoms with Crippen LogP contribution in [0.5, 0.6) is 0 Å². The monoisotopic (exact) mass is 296 g/mol. The lowest BCUT2D eigenvalue weighted by molar-refractivity contribution is -0.137. The second-order valence-electron chi connectivity index (χ2n) is 4.37. The summed E-state index contributed by atoms with van der Waals surface area (Å²) in [6.45, 7) is 0. The molecule has 2 aromatic carbocycles. The number of nitrogens with one attached hydrogen (secondary N) is 1. The molecule has 0 aliphatic carbocycles. The van der Waals surface area contributed by atoms with Gasteiger partial charge in [0.1, 0.15) is 0 Å². The van der Waals surface area contributed by atoms with Crippen molar-refractivity contribution in [1.29, 1.82) is 0 Å². The summed E-state index contributed by atoms with van der Waals surface area (Å²) in [6, 6.07) is 8.50. The third-order valence-electron chi connectivity index (χ3n) is 3.05. The van der Waals surface area contributed by atoms with Gasteiger partial charge in [-0.05, 0) is 35.4 Å². The van der Waals surface area contributed by atoms with Crippen LogP contribution in [-0.2, 0) is 6.18 Å². The second-order valence-corrected chi connectivity index (χ2v) is 4.77. The summed E-state index contributed by atoms with van der Waals surface area (Å²) in [5.41, 5.74) is 1.46. The Kier molecular flexibility index (Phi) is 2.94. The topological polar surface area (TPSA) is 28.7 Å². The van der Waals surface area contributed by atoms with Crippen LogP contribution in [0.3, 0.4) is 0 Å². The van der Waals surface area contributed by atoms with Crippen LogP contribution in [0.1, 0.15) is 5.56 Å². The van der Waals surface area contributed by atoms with Crippen molar-refractivity contribution in [3.05, 3.63) is 53.2 Å². The Bertz CT molecular complexity index is 760. The molecular weight excluding hydrogens is 289 g/mol. The van der Waals surface area contributed by atoms with E-state index in [2.05, 4.69) is 10.2 Å². The number of nitrogens with zero attached hydrogens (tertiary/aromatic N) is 1. The fourth-order valence-corrected chi connectivity index (χ4v) is 2.30. The van der Waals surface area contributed by atoms with Crippen molar-refractivity contribution in [2.24, 2.45) is 0 Å². The minimum absolute atomic E-state index is 0.481. The Hall–Kier alpha value is -2.01. The molecule has 3 rings (SSSR count). The maximum atomic E-state index is 12.5. The van der Waals surface area contributed by atoms with E-state index in [0.29, 0.717) is 16.1 Å². The lowest BCUT2D eigenvalue weighted by atomic mass is 10.0. The number of hydrogen-bond acceptors (Lipinski definition) is 1. The van der Waals surface area contributed by atoms with Crippen molar-refractivity contribution in [3.63, 3.8) is 0 Å². The molecule has 1 N–H and O–H groups in total. The summed E-state index contributed by atoms with van der Waals surface area (Å²) in [5.74, 6) is 0. The maximum absolute atomic E-state index is 12.5. The van der Waals surface area contributed by atoms with Crippen molar-refractivity contribution in [3.8, 4) is 11.1 Å². The molecule has 3 aromatic rings. The van der Waals surface area contributed by atoms with Gasteiger partial charge >= 0.3 is 6.18 Å². The standard InChI is InChI=1S/C14H8ClF3N2/c15-12-6-9(5-10-7-19-20-13(10)12)8-1-3-11(4-2-8)14(16,17)18/h1-7H,(H,19,20). The summed E-state index contributed by atoms with van der Waals surface area (Å²) in [4.78, 5) is 0. The summed E-state index contributed by atoms with van der Waals surface area (Å²) in [6.07, 6.45) is -2.71. The van der Waals surface area contributed by atoms with E-state index in [1.54, 1.807) is 12.3 Å². The number of fused-ring (bicyclic) bond motifs is 1. The first-order valence-corrected chi connectivity index (χ1v) is 6.13. The molecule has 6 heteroatoms. The highest BCUT2D eigenvalue weighted by atomic mass is 35.5. The normalized spacial score (nSPS) is 12.0. The first kappa shape index (κ1) is 13.0. The van der Waals surface area contributed by atoms with E-state index in [-0.39, 0.29) is 0 Å². The summed E-state index contributed by atoms with van der Waals surface area (Å²) in [5, 5.41) is 7.94. The van der Waals surface area contributed by atoms with E-state index < -0.39 is 11.7 Å². The molecule has 0 spiro atoms. The van der Waals surface area contributed by atoms with Crippen LogP contribution in [0.25, 0.3) is 22.0 Å². The van der Waals surface area contributed by atoms with Gasteiger partial charge in [-0.1, -0.05) is 23.7 Å². The smallest absolute Gasteiger partial charge is 0.276 e. The van der Waals surface area contributed by atoms with Gasteiger partial charge in [-0.25, -0.2) is 0 Å². The van der Waals surface area contributed by atoms with Gasteiger partial charge in [-0.15, -0.1) is 0 Å². The molecule has 20 heavy (non-hydrogen) atoms. The Morgan fingerprint density at radius 1 is 1.00 bits per heavy atom. The van der Waals surface area contributed by atoms with Crippen molar-refractivity contribution >= 4 is 22.5 Å². The molecule has 1 aromatic heterocycles. The zero-order valence-corrected chi connectivity index (χ0v) is 10.8. The fourth-order valence-electron chi connectivity index (χ4n) is 2.03. The molecule has 0 fully saturated rings. The summed E-state index contributed by atoms with van der Waals surface area (Å²) >= 11 is 6.11. The highest BCUT2D eigenvalue weighted by molar-refractivity contribution is 6.35. The van der Waals surface area contributed by atoms with Crippen LogP contribution in [-0.4, -0.2) is 10.2 Å². The van der Waals surface area contributed by atoms with Crippen LogP contribution < -0.4 is 0 Å². The molecule has 0 atom stereocenters. The van der Waals surface area contributed by atoms with Crippen molar-refractivity contribution < 1.29 is 13.2 Å². The number of halogens is 4. The van der Waals surface area contributed by atoms with Gasteiger partial charge in [0.05, 0.1) is 22.3 Å². The number of benzene rings is 2. The molecule has 0 saturated heterocycles. The predicted molar refractivity (Wildman–Crippen MR) is 71.5 cm³/mol.